The Morgan fingerprint density at radius 2 is 1.85 bits per heavy atom. The lowest BCUT2D eigenvalue weighted by Gasteiger charge is -2.27. The van der Waals surface area contributed by atoms with Crippen molar-refractivity contribution in [1.82, 2.24) is 9.21 Å². The minimum atomic E-state index is -3.86. The van der Waals surface area contributed by atoms with Gasteiger partial charge in [-0.25, -0.2) is 12.7 Å². The monoisotopic (exact) mass is 372 g/mol. The molecule has 2 heterocycles. The van der Waals surface area contributed by atoms with Crippen LogP contribution in [0.2, 0.25) is 0 Å². The highest BCUT2D eigenvalue weighted by Crippen LogP contribution is 2.55. The Morgan fingerprint density at radius 1 is 1.12 bits per heavy atom. The number of benzene rings is 1. The number of fused-ring (bicyclic) bond motifs is 6. The molecular weight excluding hydrogens is 356 g/mol. The molecule has 1 aromatic carbocycles. The molecule has 7 nitrogen and oxygen atoms in total. The number of carbonyl (C=O) groups excluding carboxylic acids is 3. The summed E-state index contributed by atoms with van der Waals surface area (Å²) in [6.45, 7) is 0.0123. The number of hydrogen-bond acceptors (Lipinski definition) is 5. The summed E-state index contributed by atoms with van der Waals surface area (Å²) in [6, 6.07) is 6.18. The lowest BCUT2D eigenvalue weighted by Crippen LogP contribution is -2.39. The molecule has 26 heavy (non-hydrogen) atoms. The van der Waals surface area contributed by atoms with Crippen LogP contribution in [-0.4, -0.2) is 48.9 Å². The number of carbonyl (C=O) groups is 3. The Morgan fingerprint density at radius 3 is 2.58 bits per heavy atom. The number of rotatable bonds is 2. The molecule has 4 atom stereocenters. The molecule has 3 amide bonds. The number of likely N-dealkylation sites (tertiary alicyclic amines) is 1. The van der Waals surface area contributed by atoms with E-state index in [4.69, 9.17) is 0 Å². The van der Waals surface area contributed by atoms with Crippen molar-refractivity contribution in [2.45, 2.75) is 11.3 Å². The van der Waals surface area contributed by atoms with Gasteiger partial charge in [0.15, 0.2) is 0 Å². The van der Waals surface area contributed by atoms with Crippen LogP contribution in [0.25, 0.3) is 0 Å². The first-order valence-electron chi connectivity index (χ1n) is 8.50. The summed E-state index contributed by atoms with van der Waals surface area (Å²) in [7, 11) is -2.38. The molecule has 2 aliphatic carbocycles. The van der Waals surface area contributed by atoms with E-state index in [0.717, 1.165) is 9.88 Å². The van der Waals surface area contributed by atoms with Crippen LogP contribution in [0.5, 0.6) is 0 Å². The fourth-order valence-corrected chi connectivity index (χ4v) is 6.57. The molecular formula is C18H16N2O5S. The minimum absolute atomic E-state index is 0.0123. The van der Waals surface area contributed by atoms with Crippen molar-refractivity contribution in [3.63, 3.8) is 0 Å². The second kappa shape index (κ2) is 4.82. The Balaban J connectivity index is 1.47. The van der Waals surface area contributed by atoms with E-state index in [9.17, 15) is 22.8 Å². The molecule has 1 saturated carbocycles. The predicted molar refractivity (Wildman–Crippen MR) is 89.1 cm³/mol. The Bertz CT molecular complexity index is 1030. The van der Waals surface area contributed by atoms with Crippen LogP contribution in [0.15, 0.2) is 40.8 Å². The molecule has 1 aromatic rings. The average Bonchev–Trinajstić information content (AvgIpc) is 3.30. The molecule has 0 radical (unpaired) electrons. The van der Waals surface area contributed by atoms with E-state index in [1.165, 1.54) is 24.1 Å². The van der Waals surface area contributed by atoms with Crippen LogP contribution >= 0.6 is 0 Å². The molecule has 2 aliphatic heterocycles. The average molecular weight is 372 g/mol. The van der Waals surface area contributed by atoms with Crippen LogP contribution < -0.4 is 0 Å². The lowest BCUT2D eigenvalue weighted by molar-refractivity contribution is -0.138. The largest absolute Gasteiger partial charge is 0.285 e. The molecule has 0 spiro atoms. The van der Waals surface area contributed by atoms with Gasteiger partial charge in [-0.1, -0.05) is 23.8 Å². The van der Waals surface area contributed by atoms with Crippen LogP contribution in [-0.2, 0) is 19.6 Å². The molecule has 2 fully saturated rings. The molecule has 0 aromatic heterocycles. The van der Waals surface area contributed by atoms with Crippen molar-refractivity contribution in [1.29, 1.82) is 0 Å². The topological polar surface area (TPSA) is 91.8 Å². The molecule has 8 heteroatoms. The van der Waals surface area contributed by atoms with Crippen LogP contribution in [0.1, 0.15) is 16.8 Å². The van der Waals surface area contributed by atoms with Gasteiger partial charge >= 0.3 is 0 Å². The maximum absolute atomic E-state index is 12.7. The first kappa shape index (κ1) is 15.7. The molecule has 4 unspecified atom stereocenters. The third-order valence-electron chi connectivity index (χ3n) is 6.17. The maximum atomic E-state index is 12.7. The summed E-state index contributed by atoms with van der Waals surface area (Å²) in [5.74, 6) is -2.06. The highest BCUT2D eigenvalue weighted by molar-refractivity contribution is 7.90. The van der Waals surface area contributed by atoms with Crippen molar-refractivity contribution in [3.05, 3.63) is 41.5 Å². The predicted octanol–water partition coefficient (Wildman–Crippen LogP) is 0.638. The van der Waals surface area contributed by atoms with Gasteiger partial charge in [-0.2, -0.15) is 0 Å². The minimum Gasteiger partial charge on any atom is -0.285 e. The van der Waals surface area contributed by atoms with E-state index in [0.29, 0.717) is 6.42 Å². The van der Waals surface area contributed by atoms with Crippen molar-refractivity contribution in [2.75, 3.05) is 13.6 Å². The first-order chi connectivity index (χ1) is 12.3. The van der Waals surface area contributed by atoms with Gasteiger partial charge in [-0.05, 0) is 30.4 Å². The fourth-order valence-electron chi connectivity index (χ4n) is 4.96. The number of hydrogen-bond donors (Lipinski definition) is 0. The van der Waals surface area contributed by atoms with Crippen LogP contribution in [0.4, 0.5) is 0 Å². The smallest absolute Gasteiger partial charge is 0.269 e. The number of nitrogens with zero attached hydrogens (tertiary/aromatic N) is 2. The quantitative estimate of drug-likeness (QED) is 0.561. The summed E-state index contributed by atoms with van der Waals surface area (Å²) in [5.41, 5.74) is 1.10. The SMILES string of the molecule is CN1C(=O)C2C3=CC(CN4C(=O)c5ccccc5S4(=O)=O)C(C3)C2C1=O. The van der Waals surface area contributed by atoms with Crippen molar-refractivity contribution in [3.8, 4) is 0 Å². The van der Waals surface area contributed by atoms with Gasteiger partial charge in [0.25, 0.3) is 15.9 Å². The van der Waals surface area contributed by atoms with Gasteiger partial charge < -0.3 is 0 Å². The third-order valence-corrected chi connectivity index (χ3v) is 7.98. The molecule has 2 bridgehead atoms. The molecule has 1 saturated heterocycles. The zero-order valence-electron chi connectivity index (χ0n) is 14.0. The normalized spacial score (nSPS) is 33.7. The maximum Gasteiger partial charge on any atom is 0.269 e. The van der Waals surface area contributed by atoms with Gasteiger partial charge in [0.1, 0.15) is 4.90 Å². The third kappa shape index (κ3) is 1.72. The Kier molecular flexibility index (Phi) is 2.92. The zero-order valence-corrected chi connectivity index (χ0v) is 14.8. The summed E-state index contributed by atoms with van der Waals surface area (Å²) in [4.78, 5) is 38.5. The zero-order chi connectivity index (χ0) is 18.4. The number of amides is 3. The summed E-state index contributed by atoms with van der Waals surface area (Å²) in [5, 5.41) is 0. The summed E-state index contributed by atoms with van der Waals surface area (Å²) < 4.78 is 26.4. The summed E-state index contributed by atoms with van der Waals surface area (Å²) >= 11 is 0. The van der Waals surface area contributed by atoms with Gasteiger partial charge in [0.2, 0.25) is 11.8 Å². The van der Waals surface area contributed by atoms with Gasteiger partial charge in [0, 0.05) is 13.6 Å². The van der Waals surface area contributed by atoms with Gasteiger partial charge in [-0.3, -0.25) is 19.3 Å². The second-order valence-corrected chi connectivity index (χ2v) is 9.18. The van der Waals surface area contributed by atoms with E-state index in [-0.39, 0.29) is 40.7 Å². The summed E-state index contributed by atoms with van der Waals surface area (Å²) in [6.07, 6.45) is 2.53. The second-order valence-electron chi connectivity index (χ2n) is 7.35. The van der Waals surface area contributed by atoms with Gasteiger partial charge in [-0.15, -0.1) is 0 Å². The van der Waals surface area contributed by atoms with Crippen molar-refractivity contribution in [2.24, 2.45) is 23.7 Å². The standard InChI is InChI=1S/C18H16N2O5S/c1-19-17(22)14-9-6-10(12(7-9)15(14)18(19)23)8-20-16(21)11-4-2-3-5-13(11)26(20,24)25/h2-6,10,12,14-15H,7-8H2,1H3. The fraction of sp³-hybridized carbons (Fsp3) is 0.389. The van der Waals surface area contributed by atoms with Crippen LogP contribution in [0, 0.1) is 23.7 Å². The van der Waals surface area contributed by atoms with E-state index in [1.807, 2.05) is 6.08 Å². The molecule has 0 N–H and O–H groups in total. The first-order valence-corrected chi connectivity index (χ1v) is 9.94. The van der Waals surface area contributed by atoms with E-state index in [1.54, 1.807) is 12.1 Å². The Labute approximate surface area is 150 Å². The lowest BCUT2D eigenvalue weighted by atomic mass is 9.79. The van der Waals surface area contributed by atoms with E-state index < -0.39 is 27.8 Å². The van der Waals surface area contributed by atoms with Crippen molar-refractivity contribution < 1.29 is 22.8 Å². The van der Waals surface area contributed by atoms with E-state index in [2.05, 4.69) is 0 Å². The Hall–Kier alpha value is -2.48. The highest BCUT2D eigenvalue weighted by atomic mass is 32.2. The van der Waals surface area contributed by atoms with Crippen LogP contribution in [0.3, 0.4) is 0 Å². The molecule has 4 aliphatic rings. The highest BCUT2D eigenvalue weighted by Gasteiger charge is 2.60. The van der Waals surface area contributed by atoms with Crippen molar-refractivity contribution >= 4 is 27.7 Å². The van der Waals surface area contributed by atoms with E-state index >= 15 is 0 Å². The number of sulfonamides is 1. The molecule has 134 valence electrons. The number of imide groups is 1. The van der Waals surface area contributed by atoms with Gasteiger partial charge in [0.05, 0.1) is 17.4 Å². The molecule has 5 rings (SSSR count).